The standard InChI is InChI=1S/C16H17N3O/c1-20-14-5-2-12(3-6-14)8-9-19-16-7-4-13(11-17)10-15(16)18/h2-7,10,19H,8-9,18H2,1H3. The van der Waals surface area contributed by atoms with E-state index in [0.717, 1.165) is 24.4 Å². The predicted molar refractivity (Wildman–Crippen MR) is 80.8 cm³/mol. The zero-order chi connectivity index (χ0) is 14.4. The molecule has 4 nitrogen and oxygen atoms in total. The van der Waals surface area contributed by atoms with Crippen LogP contribution in [-0.4, -0.2) is 13.7 Å². The summed E-state index contributed by atoms with van der Waals surface area (Å²) in [4.78, 5) is 0. The molecule has 0 atom stereocenters. The van der Waals surface area contributed by atoms with E-state index in [0.29, 0.717) is 11.3 Å². The van der Waals surface area contributed by atoms with Crippen molar-refractivity contribution in [2.75, 3.05) is 24.7 Å². The Bertz CT molecular complexity index is 615. The summed E-state index contributed by atoms with van der Waals surface area (Å²) in [6.45, 7) is 0.780. The van der Waals surface area contributed by atoms with E-state index in [1.54, 1.807) is 19.2 Å². The summed E-state index contributed by atoms with van der Waals surface area (Å²) in [6, 6.07) is 15.3. The Kier molecular flexibility index (Phi) is 4.46. The van der Waals surface area contributed by atoms with E-state index in [1.807, 2.05) is 30.3 Å². The lowest BCUT2D eigenvalue weighted by molar-refractivity contribution is 0.414. The largest absolute Gasteiger partial charge is 0.497 e. The molecule has 4 heteroatoms. The lowest BCUT2D eigenvalue weighted by Gasteiger charge is -2.09. The van der Waals surface area contributed by atoms with Crippen LogP contribution in [0, 0.1) is 11.3 Å². The van der Waals surface area contributed by atoms with Crippen molar-refractivity contribution in [1.29, 1.82) is 5.26 Å². The number of nitrogens with two attached hydrogens (primary N) is 1. The molecule has 0 radical (unpaired) electrons. The maximum atomic E-state index is 8.78. The highest BCUT2D eigenvalue weighted by atomic mass is 16.5. The normalized spacial score (nSPS) is 9.80. The lowest BCUT2D eigenvalue weighted by Crippen LogP contribution is -2.07. The Labute approximate surface area is 118 Å². The van der Waals surface area contributed by atoms with Gasteiger partial charge in [0.25, 0.3) is 0 Å². The minimum atomic E-state index is 0.572. The summed E-state index contributed by atoms with van der Waals surface area (Å²) in [6.07, 6.45) is 0.892. The average molecular weight is 267 g/mol. The fourth-order valence-corrected chi connectivity index (χ4v) is 1.93. The van der Waals surface area contributed by atoms with Crippen LogP contribution in [0.2, 0.25) is 0 Å². The van der Waals surface area contributed by atoms with E-state index in [2.05, 4.69) is 11.4 Å². The molecule has 0 aliphatic heterocycles. The number of hydrogen-bond acceptors (Lipinski definition) is 4. The molecule has 2 aromatic rings. The van der Waals surface area contributed by atoms with Gasteiger partial charge in [-0.25, -0.2) is 0 Å². The van der Waals surface area contributed by atoms with Gasteiger partial charge in [0.1, 0.15) is 5.75 Å². The minimum Gasteiger partial charge on any atom is -0.497 e. The van der Waals surface area contributed by atoms with Crippen LogP contribution in [0.1, 0.15) is 11.1 Å². The highest BCUT2D eigenvalue weighted by Crippen LogP contribution is 2.19. The molecule has 0 bridgehead atoms. The van der Waals surface area contributed by atoms with Crippen LogP contribution >= 0.6 is 0 Å². The van der Waals surface area contributed by atoms with Gasteiger partial charge in [0.05, 0.1) is 30.1 Å². The van der Waals surface area contributed by atoms with Gasteiger partial charge in [0.15, 0.2) is 0 Å². The first-order valence-electron chi connectivity index (χ1n) is 6.39. The van der Waals surface area contributed by atoms with Crippen molar-refractivity contribution in [3.8, 4) is 11.8 Å². The summed E-state index contributed by atoms with van der Waals surface area (Å²) < 4.78 is 5.12. The van der Waals surface area contributed by atoms with Crippen LogP contribution < -0.4 is 15.8 Å². The Morgan fingerprint density at radius 3 is 2.55 bits per heavy atom. The topological polar surface area (TPSA) is 71.1 Å². The van der Waals surface area contributed by atoms with Crippen LogP contribution in [-0.2, 0) is 6.42 Å². The fraction of sp³-hybridized carbons (Fsp3) is 0.188. The van der Waals surface area contributed by atoms with Crippen molar-refractivity contribution in [1.82, 2.24) is 0 Å². The monoisotopic (exact) mass is 267 g/mol. The van der Waals surface area contributed by atoms with Crippen LogP contribution in [0.4, 0.5) is 11.4 Å². The van der Waals surface area contributed by atoms with Crippen LogP contribution in [0.5, 0.6) is 5.75 Å². The first kappa shape index (κ1) is 13.8. The van der Waals surface area contributed by atoms with Crippen molar-refractivity contribution in [3.63, 3.8) is 0 Å². The second-order valence-corrected chi connectivity index (χ2v) is 4.44. The molecular weight excluding hydrogens is 250 g/mol. The van der Waals surface area contributed by atoms with Crippen molar-refractivity contribution in [2.24, 2.45) is 0 Å². The van der Waals surface area contributed by atoms with E-state index in [-0.39, 0.29) is 0 Å². The van der Waals surface area contributed by atoms with Gasteiger partial charge in [0.2, 0.25) is 0 Å². The molecule has 0 amide bonds. The first-order chi connectivity index (χ1) is 9.72. The Morgan fingerprint density at radius 2 is 1.95 bits per heavy atom. The summed E-state index contributed by atoms with van der Waals surface area (Å²) in [7, 11) is 1.66. The lowest BCUT2D eigenvalue weighted by atomic mass is 10.1. The van der Waals surface area contributed by atoms with Crippen molar-refractivity contribution in [2.45, 2.75) is 6.42 Å². The van der Waals surface area contributed by atoms with Gasteiger partial charge in [-0.1, -0.05) is 12.1 Å². The molecule has 20 heavy (non-hydrogen) atoms. The SMILES string of the molecule is COc1ccc(CCNc2ccc(C#N)cc2N)cc1. The van der Waals surface area contributed by atoms with Gasteiger partial charge >= 0.3 is 0 Å². The highest BCUT2D eigenvalue weighted by molar-refractivity contribution is 5.68. The molecule has 0 saturated heterocycles. The summed E-state index contributed by atoms with van der Waals surface area (Å²) >= 11 is 0. The number of nitrogens with one attached hydrogen (secondary N) is 1. The van der Waals surface area contributed by atoms with E-state index >= 15 is 0 Å². The number of anilines is 2. The predicted octanol–water partition coefficient (Wildman–Crippen LogP) is 2.80. The number of benzene rings is 2. The molecule has 102 valence electrons. The molecule has 0 aromatic heterocycles. The molecule has 0 heterocycles. The summed E-state index contributed by atoms with van der Waals surface area (Å²) in [5, 5.41) is 12.1. The van der Waals surface area contributed by atoms with E-state index < -0.39 is 0 Å². The fourth-order valence-electron chi connectivity index (χ4n) is 1.93. The molecule has 0 saturated carbocycles. The first-order valence-corrected chi connectivity index (χ1v) is 6.39. The van der Waals surface area contributed by atoms with E-state index in [4.69, 9.17) is 15.7 Å². The highest BCUT2D eigenvalue weighted by Gasteiger charge is 2.00. The van der Waals surface area contributed by atoms with Gasteiger partial charge in [-0.15, -0.1) is 0 Å². The van der Waals surface area contributed by atoms with Crippen molar-refractivity contribution in [3.05, 3.63) is 53.6 Å². The Morgan fingerprint density at radius 1 is 1.20 bits per heavy atom. The van der Waals surface area contributed by atoms with Gasteiger partial charge in [-0.05, 0) is 42.3 Å². The second kappa shape index (κ2) is 6.48. The smallest absolute Gasteiger partial charge is 0.118 e. The molecule has 0 unspecified atom stereocenters. The number of nitriles is 1. The molecule has 0 aliphatic rings. The number of hydrogen-bond donors (Lipinski definition) is 2. The van der Waals surface area contributed by atoms with Gasteiger partial charge < -0.3 is 15.8 Å². The molecule has 2 rings (SSSR count). The van der Waals surface area contributed by atoms with Gasteiger partial charge in [0, 0.05) is 6.54 Å². The van der Waals surface area contributed by atoms with Crippen LogP contribution in [0.25, 0.3) is 0 Å². The Hall–Kier alpha value is -2.67. The third-order valence-corrected chi connectivity index (χ3v) is 3.07. The molecule has 2 aromatic carbocycles. The van der Waals surface area contributed by atoms with E-state index in [1.165, 1.54) is 5.56 Å². The zero-order valence-corrected chi connectivity index (χ0v) is 11.4. The molecule has 0 aliphatic carbocycles. The quantitative estimate of drug-likeness (QED) is 0.817. The Balaban J connectivity index is 1.91. The molecule has 0 spiro atoms. The minimum absolute atomic E-state index is 0.572. The molecular formula is C16H17N3O. The zero-order valence-electron chi connectivity index (χ0n) is 11.4. The number of ether oxygens (including phenoxy) is 1. The molecule has 3 N–H and O–H groups in total. The maximum absolute atomic E-state index is 8.78. The average Bonchev–Trinajstić information content (AvgIpc) is 2.49. The molecule has 0 fully saturated rings. The van der Waals surface area contributed by atoms with Crippen molar-refractivity contribution < 1.29 is 4.74 Å². The van der Waals surface area contributed by atoms with E-state index in [9.17, 15) is 0 Å². The van der Waals surface area contributed by atoms with Gasteiger partial charge in [-0.3, -0.25) is 0 Å². The third-order valence-electron chi connectivity index (χ3n) is 3.07. The van der Waals surface area contributed by atoms with Crippen LogP contribution in [0.15, 0.2) is 42.5 Å². The summed E-state index contributed by atoms with van der Waals surface area (Å²) in [5.74, 6) is 0.859. The summed E-state index contributed by atoms with van der Waals surface area (Å²) in [5.41, 5.74) is 9.14. The van der Waals surface area contributed by atoms with Gasteiger partial charge in [-0.2, -0.15) is 5.26 Å². The number of methoxy groups -OCH3 is 1. The second-order valence-electron chi connectivity index (χ2n) is 4.44. The number of nitrogen functional groups attached to an aromatic ring is 1. The number of rotatable bonds is 5. The van der Waals surface area contributed by atoms with Crippen LogP contribution in [0.3, 0.4) is 0 Å². The maximum Gasteiger partial charge on any atom is 0.118 e. The third kappa shape index (κ3) is 3.42. The van der Waals surface area contributed by atoms with Crippen molar-refractivity contribution >= 4 is 11.4 Å². The number of nitrogens with zero attached hydrogens (tertiary/aromatic N) is 1.